The fourth-order valence-electron chi connectivity index (χ4n) is 3.89. The Morgan fingerprint density at radius 3 is 2.79 bits per heavy atom. The lowest BCUT2D eigenvalue weighted by atomic mass is 10.0. The smallest absolute Gasteiger partial charge is 0.358 e. The number of amides is 1. The van der Waals surface area contributed by atoms with Crippen LogP contribution in [0.5, 0.6) is 0 Å². The highest BCUT2D eigenvalue weighted by Gasteiger charge is 2.34. The molecule has 0 spiro atoms. The quantitative estimate of drug-likeness (QED) is 0.741. The number of fused-ring (bicyclic) bond motifs is 5. The molecule has 0 saturated carbocycles. The molecule has 5 nitrogen and oxygen atoms in total. The van der Waals surface area contributed by atoms with E-state index in [0.29, 0.717) is 25.2 Å². The van der Waals surface area contributed by atoms with Crippen molar-refractivity contribution in [2.45, 2.75) is 25.9 Å². The Balaban J connectivity index is 1.69. The van der Waals surface area contributed by atoms with Crippen LogP contribution in [0.15, 0.2) is 30.3 Å². The molecule has 8 heteroatoms. The molecule has 4 rings (SSSR count). The van der Waals surface area contributed by atoms with E-state index in [1.807, 2.05) is 27.7 Å². The molecule has 2 aliphatic rings. The highest BCUT2D eigenvalue weighted by Crippen LogP contribution is 2.43. The van der Waals surface area contributed by atoms with Gasteiger partial charge in [0.15, 0.2) is 0 Å². The van der Waals surface area contributed by atoms with Crippen LogP contribution >= 0.6 is 0 Å². The molecule has 28 heavy (non-hydrogen) atoms. The third-order valence-corrected chi connectivity index (χ3v) is 5.16. The fourth-order valence-corrected chi connectivity index (χ4v) is 3.89. The van der Waals surface area contributed by atoms with Gasteiger partial charge in [-0.25, -0.2) is 0 Å². The number of nitrogens with zero attached hydrogens (tertiary/aromatic N) is 2. The van der Waals surface area contributed by atoms with Crippen LogP contribution in [-0.4, -0.2) is 36.9 Å². The van der Waals surface area contributed by atoms with Crippen molar-refractivity contribution < 1.29 is 22.7 Å². The maximum atomic E-state index is 13.0. The van der Waals surface area contributed by atoms with Crippen molar-refractivity contribution in [3.05, 3.63) is 47.2 Å². The van der Waals surface area contributed by atoms with Gasteiger partial charge in [-0.05, 0) is 35.9 Å². The van der Waals surface area contributed by atoms with Crippen LogP contribution in [0.2, 0.25) is 0 Å². The molecule has 2 aliphatic heterocycles. The number of rotatable bonds is 4. The molecular formula is C20H20F3N3O2. The number of hydrogen-bond donors (Lipinski definition) is 1. The number of halogens is 3. The zero-order chi connectivity index (χ0) is 20.1. The summed E-state index contributed by atoms with van der Waals surface area (Å²) in [5.74, 6) is -0.101. The molecule has 0 saturated heterocycles. The fraction of sp³-hybridized carbons (Fsp3) is 0.350. The van der Waals surface area contributed by atoms with Crippen molar-refractivity contribution in [1.29, 1.82) is 0 Å². The first-order chi connectivity index (χ1) is 13.3. The summed E-state index contributed by atoms with van der Waals surface area (Å²) in [5, 5.41) is 2.78. The van der Waals surface area contributed by atoms with Crippen LogP contribution in [0, 0.1) is 0 Å². The summed E-state index contributed by atoms with van der Waals surface area (Å²) in [7, 11) is 1.61. The third-order valence-electron chi connectivity index (χ3n) is 5.16. The molecule has 1 atom stereocenters. The highest BCUT2D eigenvalue weighted by molar-refractivity contribution is 5.82. The molecule has 148 valence electrons. The van der Waals surface area contributed by atoms with Crippen molar-refractivity contribution in [3.63, 3.8) is 0 Å². The van der Waals surface area contributed by atoms with Crippen LogP contribution < -0.4 is 10.2 Å². The molecule has 1 aromatic carbocycles. The van der Waals surface area contributed by atoms with Gasteiger partial charge in [0.1, 0.15) is 6.23 Å². The van der Waals surface area contributed by atoms with E-state index in [1.165, 1.54) is 13.0 Å². The predicted octanol–water partition coefficient (Wildman–Crippen LogP) is 3.48. The Bertz CT molecular complexity index is 962. The van der Waals surface area contributed by atoms with Crippen molar-refractivity contribution in [2.24, 2.45) is 0 Å². The first-order valence-corrected chi connectivity index (χ1v) is 8.95. The summed E-state index contributed by atoms with van der Waals surface area (Å²) in [6.07, 6.45) is -0.763. The van der Waals surface area contributed by atoms with Gasteiger partial charge >= 0.3 is 6.18 Å². The van der Waals surface area contributed by atoms with Gasteiger partial charge in [0.05, 0.1) is 22.6 Å². The van der Waals surface area contributed by atoms with E-state index in [-0.39, 0.29) is 12.1 Å². The minimum absolute atomic E-state index is 0.101. The van der Waals surface area contributed by atoms with Gasteiger partial charge in [-0.15, -0.1) is 0 Å². The number of benzene rings is 1. The topological polar surface area (TPSA) is 46.5 Å². The van der Waals surface area contributed by atoms with Crippen molar-refractivity contribution in [1.82, 2.24) is 9.88 Å². The summed E-state index contributed by atoms with van der Waals surface area (Å²) >= 11 is 0. The largest absolute Gasteiger partial charge is 0.416 e. The lowest BCUT2D eigenvalue weighted by molar-refractivity contribution is -0.137. The molecule has 0 radical (unpaired) electrons. The van der Waals surface area contributed by atoms with Gasteiger partial charge in [-0.3, -0.25) is 4.79 Å². The van der Waals surface area contributed by atoms with Crippen molar-refractivity contribution in [2.75, 3.05) is 25.1 Å². The minimum atomic E-state index is -4.35. The first kappa shape index (κ1) is 18.6. The summed E-state index contributed by atoms with van der Waals surface area (Å²) < 4.78 is 46.6. The van der Waals surface area contributed by atoms with Crippen molar-refractivity contribution in [3.8, 4) is 11.3 Å². The second-order valence-electron chi connectivity index (χ2n) is 6.92. The Hall–Kier alpha value is -2.74. The average molecular weight is 391 g/mol. The number of aromatic nitrogens is 1. The van der Waals surface area contributed by atoms with E-state index in [1.54, 1.807) is 13.2 Å². The molecule has 3 heterocycles. The first-order valence-electron chi connectivity index (χ1n) is 8.95. The molecule has 1 unspecified atom stereocenters. The number of ether oxygens (including phenoxy) is 1. The van der Waals surface area contributed by atoms with E-state index < -0.39 is 11.7 Å². The number of nitrogens with one attached hydrogen (secondary N) is 1. The normalized spacial score (nSPS) is 17.3. The van der Waals surface area contributed by atoms with Crippen molar-refractivity contribution >= 4 is 17.7 Å². The number of carbonyl (C=O) groups excluding carboxylic acids is 1. The number of anilines is 1. The van der Waals surface area contributed by atoms with Gasteiger partial charge in [0.2, 0.25) is 5.91 Å². The van der Waals surface area contributed by atoms with Crippen LogP contribution in [0.4, 0.5) is 18.9 Å². The summed E-state index contributed by atoms with van der Waals surface area (Å²) in [4.78, 5) is 13.2. The monoisotopic (exact) mass is 391 g/mol. The molecule has 0 bridgehead atoms. The highest BCUT2D eigenvalue weighted by atomic mass is 19.4. The number of hydrogen-bond acceptors (Lipinski definition) is 3. The Labute approximate surface area is 160 Å². The molecule has 0 aliphatic carbocycles. The molecular weight excluding hydrogens is 371 g/mol. The minimum Gasteiger partial charge on any atom is -0.358 e. The molecule has 0 fully saturated rings. The van der Waals surface area contributed by atoms with E-state index >= 15 is 0 Å². The summed E-state index contributed by atoms with van der Waals surface area (Å²) in [6, 6.07) is 5.88. The predicted molar refractivity (Wildman–Crippen MR) is 99.8 cm³/mol. The summed E-state index contributed by atoms with van der Waals surface area (Å²) in [6.45, 7) is 2.88. The van der Waals surface area contributed by atoms with Crippen LogP contribution in [-0.2, 0) is 22.3 Å². The maximum Gasteiger partial charge on any atom is 0.416 e. The Morgan fingerprint density at radius 1 is 1.32 bits per heavy atom. The SMILES string of the molecule is COC1C=Cc2c(cc3n2Cc2cc(C(F)(F)F)ccc2-3)N1CCNC(C)=O. The van der Waals surface area contributed by atoms with E-state index in [0.717, 1.165) is 28.7 Å². The lowest BCUT2D eigenvalue weighted by Crippen LogP contribution is -2.42. The van der Waals surface area contributed by atoms with Gasteiger partial charge in [0.25, 0.3) is 0 Å². The maximum absolute atomic E-state index is 13.0. The average Bonchev–Trinajstić information content (AvgIpc) is 3.16. The van der Waals surface area contributed by atoms with E-state index in [2.05, 4.69) is 5.32 Å². The number of alkyl halides is 3. The van der Waals surface area contributed by atoms with E-state index in [4.69, 9.17) is 4.74 Å². The third kappa shape index (κ3) is 3.07. The van der Waals surface area contributed by atoms with Gasteiger partial charge in [-0.1, -0.05) is 6.07 Å². The van der Waals surface area contributed by atoms with Gasteiger partial charge in [0, 0.05) is 39.2 Å². The number of methoxy groups -OCH3 is 1. The number of carbonyl (C=O) groups is 1. The second-order valence-corrected chi connectivity index (χ2v) is 6.92. The standard InChI is InChI=1S/C20H20F3N3O2/c1-12(27)24-7-8-25-18-10-17-15-4-3-14(20(21,22)23)9-13(15)11-26(17)16(18)5-6-19(25)28-2/h3-6,9-10,19H,7-8,11H2,1-2H3,(H,24,27). The van der Waals surface area contributed by atoms with Crippen LogP contribution in [0.1, 0.15) is 23.7 Å². The molecule has 2 aromatic rings. The molecule has 1 amide bonds. The molecule has 1 N–H and O–H groups in total. The van der Waals surface area contributed by atoms with E-state index in [9.17, 15) is 18.0 Å². The Kier molecular flexibility index (Phi) is 4.45. The Morgan fingerprint density at radius 2 is 2.11 bits per heavy atom. The zero-order valence-electron chi connectivity index (χ0n) is 15.5. The van der Waals surface area contributed by atoms with Gasteiger partial charge < -0.3 is 19.5 Å². The van der Waals surface area contributed by atoms with Crippen LogP contribution in [0.3, 0.4) is 0 Å². The second kappa shape index (κ2) is 6.70. The van der Waals surface area contributed by atoms with Crippen LogP contribution in [0.25, 0.3) is 17.3 Å². The van der Waals surface area contributed by atoms with Gasteiger partial charge in [-0.2, -0.15) is 13.2 Å². The lowest BCUT2D eigenvalue weighted by Gasteiger charge is -2.33. The summed E-state index contributed by atoms with van der Waals surface area (Å²) in [5.41, 5.74) is 3.61. The molecule has 1 aromatic heterocycles. The zero-order valence-corrected chi connectivity index (χ0v) is 15.5.